The molecule has 1 atom stereocenters. The van der Waals surface area contributed by atoms with Crippen LogP contribution in [0.5, 0.6) is 0 Å². The molecule has 0 spiro atoms. The van der Waals surface area contributed by atoms with E-state index >= 15 is 0 Å². The van der Waals surface area contributed by atoms with Crippen molar-refractivity contribution in [2.45, 2.75) is 6.10 Å². The van der Waals surface area contributed by atoms with E-state index in [4.69, 9.17) is 0 Å². The summed E-state index contributed by atoms with van der Waals surface area (Å²) in [6.45, 7) is 0. The van der Waals surface area contributed by atoms with E-state index in [1.807, 2.05) is 62.4 Å². The number of rotatable bonds is 2. The summed E-state index contributed by atoms with van der Waals surface area (Å²) in [7, 11) is 2.04. The zero-order valence-electron chi connectivity index (χ0n) is 8.72. The fourth-order valence-electron chi connectivity index (χ4n) is 1.58. The molecule has 0 bridgehead atoms. The molecule has 1 nitrogen and oxygen atoms in total. The maximum Gasteiger partial charge on any atom is 0.139 e. The molecule has 0 aliphatic heterocycles. The van der Waals surface area contributed by atoms with E-state index in [1.54, 1.807) is 0 Å². The fraction of sp³-hybridized carbons (Fsp3) is 0.0769. The lowest BCUT2D eigenvalue weighted by molar-refractivity contribution is 0.220. The number of benzene rings is 2. The van der Waals surface area contributed by atoms with Gasteiger partial charge in [0.05, 0.1) is 0 Å². The molecule has 0 aliphatic carbocycles. The zero-order valence-corrected chi connectivity index (χ0v) is 8.72. The normalized spacial score (nSPS) is 12.3. The van der Waals surface area contributed by atoms with E-state index in [0.29, 0.717) is 0 Å². The van der Waals surface area contributed by atoms with Crippen molar-refractivity contribution in [3.8, 4) is 0 Å². The van der Waals surface area contributed by atoms with Gasteiger partial charge < -0.3 is 5.11 Å². The first-order chi connectivity index (χ1) is 7.27. The monoisotopic (exact) mass is 196 g/mol. The summed E-state index contributed by atoms with van der Waals surface area (Å²) in [5, 5.41) is 10.1. The van der Waals surface area contributed by atoms with Crippen molar-refractivity contribution in [3.63, 3.8) is 0 Å². The molecule has 2 aromatic rings. The van der Waals surface area contributed by atoms with E-state index in [-0.39, 0.29) is 0 Å². The summed E-state index contributed by atoms with van der Waals surface area (Å²) in [5.74, 6) is 0. The van der Waals surface area contributed by atoms with Crippen molar-refractivity contribution in [2.75, 3.05) is 0 Å². The highest BCUT2D eigenvalue weighted by atomic mass is 16.3. The van der Waals surface area contributed by atoms with Gasteiger partial charge in [0.15, 0.2) is 0 Å². The Hall–Kier alpha value is -1.54. The van der Waals surface area contributed by atoms with Gasteiger partial charge in [-0.3, -0.25) is 0 Å². The number of aliphatic hydroxyl groups excluding tert-OH is 1. The highest BCUT2D eigenvalue weighted by Gasteiger charge is 2.08. The summed E-state index contributed by atoms with van der Waals surface area (Å²) in [5.41, 5.74) is 3.08. The lowest BCUT2D eigenvalue weighted by Crippen LogP contribution is -2.04. The van der Waals surface area contributed by atoms with Gasteiger partial charge in [-0.25, -0.2) is 0 Å². The van der Waals surface area contributed by atoms with Gasteiger partial charge in [-0.2, -0.15) is 0 Å². The minimum Gasteiger partial charge on any atom is -0.384 e. The van der Waals surface area contributed by atoms with Gasteiger partial charge in [0, 0.05) is 0 Å². The van der Waals surface area contributed by atoms with Gasteiger partial charge in [-0.05, 0) is 11.1 Å². The topological polar surface area (TPSA) is 20.2 Å². The molecule has 0 aliphatic rings. The first kappa shape index (κ1) is 10.00. The Balaban J connectivity index is 2.29. The molecule has 0 radical (unpaired) electrons. The van der Waals surface area contributed by atoms with E-state index in [0.717, 1.165) is 11.1 Å². The predicted molar refractivity (Wildman–Crippen MR) is 65.1 cm³/mol. The lowest BCUT2D eigenvalue weighted by atomic mass is 9.93. The average molecular weight is 196 g/mol. The Morgan fingerprint density at radius 3 is 1.93 bits per heavy atom. The first-order valence-electron chi connectivity index (χ1n) is 5.07. The molecule has 0 saturated carbocycles. The van der Waals surface area contributed by atoms with Crippen LogP contribution in [-0.2, 0) is 0 Å². The Labute approximate surface area is 90.8 Å². The second kappa shape index (κ2) is 4.32. The summed E-state index contributed by atoms with van der Waals surface area (Å²) in [4.78, 5) is 0. The van der Waals surface area contributed by atoms with Gasteiger partial charge in [-0.1, -0.05) is 60.1 Å². The fourth-order valence-corrected chi connectivity index (χ4v) is 1.58. The van der Waals surface area contributed by atoms with Crippen LogP contribution in [0.2, 0.25) is 0 Å². The first-order valence-corrected chi connectivity index (χ1v) is 5.07. The van der Waals surface area contributed by atoms with Crippen LogP contribution in [0.15, 0.2) is 54.6 Å². The smallest absolute Gasteiger partial charge is 0.139 e. The van der Waals surface area contributed by atoms with Crippen LogP contribution in [0.3, 0.4) is 0 Å². The predicted octanol–water partition coefficient (Wildman–Crippen LogP) is 1.03. The van der Waals surface area contributed by atoms with Crippen LogP contribution >= 0.6 is 0 Å². The maximum atomic E-state index is 10.1. The van der Waals surface area contributed by atoms with Gasteiger partial charge in [-0.15, -0.1) is 0 Å². The molecular weight excluding hydrogens is 183 g/mol. The highest BCUT2D eigenvalue weighted by Crippen LogP contribution is 2.20. The number of hydrogen-bond donors (Lipinski definition) is 1. The number of aliphatic hydroxyl groups is 1. The maximum absolute atomic E-state index is 10.1. The van der Waals surface area contributed by atoms with E-state index in [1.165, 1.54) is 5.46 Å². The minimum absolute atomic E-state index is 0.521. The molecule has 0 amide bonds. The molecule has 0 saturated heterocycles. The minimum atomic E-state index is -0.521. The third-order valence-corrected chi connectivity index (χ3v) is 2.51. The Bertz CT molecular complexity index is 422. The third kappa shape index (κ3) is 2.28. The molecule has 2 aromatic carbocycles. The van der Waals surface area contributed by atoms with Crippen LogP contribution in [0.25, 0.3) is 0 Å². The van der Waals surface area contributed by atoms with Crippen molar-refractivity contribution in [3.05, 3.63) is 65.7 Å². The Morgan fingerprint density at radius 1 is 0.800 bits per heavy atom. The summed E-state index contributed by atoms with van der Waals surface area (Å²) in [6.07, 6.45) is -0.521. The van der Waals surface area contributed by atoms with Crippen molar-refractivity contribution in [1.82, 2.24) is 0 Å². The summed E-state index contributed by atoms with van der Waals surface area (Å²) < 4.78 is 0. The van der Waals surface area contributed by atoms with Crippen molar-refractivity contribution >= 4 is 13.3 Å². The standard InChI is InChI=1S/C13H13BO/c14-12-8-6-11(7-9-12)13(15)10-4-2-1-3-5-10/h1-9,13,15H,14H2. The second-order valence-corrected chi connectivity index (χ2v) is 3.72. The van der Waals surface area contributed by atoms with Crippen LogP contribution in [0.1, 0.15) is 17.2 Å². The molecule has 0 fully saturated rings. The zero-order chi connectivity index (χ0) is 10.7. The van der Waals surface area contributed by atoms with E-state index < -0.39 is 6.10 Å². The lowest BCUT2D eigenvalue weighted by Gasteiger charge is -2.11. The largest absolute Gasteiger partial charge is 0.384 e. The molecule has 0 aromatic heterocycles. The molecule has 15 heavy (non-hydrogen) atoms. The third-order valence-electron chi connectivity index (χ3n) is 2.51. The summed E-state index contributed by atoms with van der Waals surface area (Å²) >= 11 is 0. The Kier molecular flexibility index (Phi) is 2.88. The van der Waals surface area contributed by atoms with E-state index in [2.05, 4.69) is 0 Å². The quantitative estimate of drug-likeness (QED) is 0.711. The SMILES string of the molecule is Bc1ccc(C(O)c2ccccc2)cc1. The van der Waals surface area contributed by atoms with Crippen molar-refractivity contribution < 1.29 is 5.11 Å². The number of hydrogen-bond acceptors (Lipinski definition) is 1. The summed E-state index contributed by atoms with van der Waals surface area (Å²) in [6, 6.07) is 17.7. The molecule has 2 heteroatoms. The van der Waals surface area contributed by atoms with Gasteiger partial charge >= 0.3 is 0 Å². The van der Waals surface area contributed by atoms with Gasteiger partial charge in [0.2, 0.25) is 0 Å². The molecule has 74 valence electrons. The molecule has 1 N–H and O–H groups in total. The molecule has 2 rings (SSSR count). The van der Waals surface area contributed by atoms with Crippen LogP contribution < -0.4 is 5.46 Å². The van der Waals surface area contributed by atoms with Gasteiger partial charge in [0.1, 0.15) is 14.0 Å². The Morgan fingerprint density at radius 2 is 1.33 bits per heavy atom. The van der Waals surface area contributed by atoms with Crippen LogP contribution in [0.4, 0.5) is 0 Å². The average Bonchev–Trinajstić information content (AvgIpc) is 2.30. The molecule has 1 unspecified atom stereocenters. The van der Waals surface area contributed by atoms with Crippen LogP contribution in [-0.4, -0.2) is 13.0 Å². The van der Waals surface area contributed by atoms with E-state index in [9.17, 15) is 5.11 Å². The second-order valence-electron chi connectivity index (χ2n) is 3.72. The van der Waals surface area contributed by atoms with Crippen LogP contribution in [0, 0.1) is 0 Å². The molecule has 0 heterocycles. The highest BCUT2D eigenvalue weighted by molar-refractivity contribution is 6.32. The van der Waals surface area contributed by atoms with Crippen molar-refractivity contribution in [1.29, 1.82) is 0 Å². The molecular formula is C13H13BO. The van der Waals surface area contributed by atoms with Crippen molar-refractivity contribution in [2.24, 2.45) is 0 Å². The van der Waals surface area contributed by atoms with Gasteiger partial charge in [0.25, 0.3) is 0 Å².